The van der Waals surface area contributed by atoms with E-state index >= 15 is 0 Å². The minimum Gasteiger partial charge on any atom is -0.267 e. The van der Waals surface area contributed by atoms with Crippen LogP contribution >= 0.6 is 11.6 Å². The Kier molecular flexibility index (Phi) is 5.52. The molecule has 3 rings (SSSR count). The van der Waals surface area contributed by atoms with E-state index in [2.05, 4.69) is 16.0 Å². The largest absolute Gasteiger partial charge is 0.274 e. The Morgan fingerprint density at radius 1 is 1.04 bits per heavy atom. The number of nitrogens with zero attached hydrogens (tertiary/aromatic N) is 2. The maximum absolute atomic E-state index is 13.0. The van der Waals surface area contributed by atoms with E-state index in [1.165, 1.54) is 16.8 Å². The van der Waals surface area contributed by atoms with Crippen molar-refractivity contribution in [2.45, 2.75) is 13.5 Å². The van der Waals surface area contributed by atoms with Crippen molar-refractivity contribution in [2.75, 3.05) is 0 Å². The van der Waals surface area contributed by atoms with Gasteiger partial charge in [-0.05, 0) is 36.8 Å². The van der Waals surface area contributed by atoms with Crippen molar-refractivity contribution < 1.29 is 14.0 Å². The maximum atomic E-state index is 13.0. The third kappa shape index (κ3) is 4.32. The minimum atomic E-state index is -0.577. The van der Waals surface area contributed by atoms with Gasteiger partial charge in [0.15, 0.2) is 0 Å². The highest BCUT2D eigenvalue weighted by Crippen LogP contribution is 2.21. The number of hydrogen-bond donors (Lipinski definition) is 2. The maximum Gasteiger partial charge on any atom is 0.274 e. The number of carbonyl (C=O) groups is 2. The van der Waals surface area contributed by atoms with Gasteiger partial charge in [0, 0.05) is 5.56 Å². The molecule has 0 aliphatic carbocycles. The number of rotatable bonds is 4. The van der Waals surface area contributed by atoms with E-state index in [9.17, 15) is 14.0 Å². The summed E-state index contributed by atoms with van der Waals surface area (Å²) in [6.45, 7) is 1.92. The number of aryl methyl sites for hydroxylation is 1. The van der Waals surface area contributed by atoms with Gasteiger partial charge in [-0.25, -0.2) is 9.07 Å². The number of hydrogen-bond acceptors (Lipinski definition) is 3. The summed E-state index contributed by atoms with van der Waals surface area (Å²) in [6.07, 6.45) is 0. The van der Waals surface area contributed by atoms with Gasteiger partial charge in [-0.2, -0.15) is 5.10 Å². The van der Waals surface area contributed by atoms with Crippen LogP contribution in [0.25, 0.3) is 0 Å². The summed E-state index contributed by atoms with van der Waals surface area (Å²) < 4.78 is 14.5. The molecule has 0 atom stereocenters. The minimum absolute atomic E-state index is 0.128. The first-order valence-corrected chi connectivity index (χ1v) is 8.46. The van der Waals surface area contributed by atoms with Crippen LogP contribution in [-0.2, 0) is 6.54 Å². The second-order valence-corrected chi connectivity index (χ2v) is 6.17. The summed E-state index contributed by atoms with van der Waals surface area (Å²) in [5.41, 5.74) is 6.44. The van der Waals surface area contributed by atoms with Gasteiger partial charge in [0.1, 0.15) is 16.5 Å². The quantitative estimate of drug-likeness (QED) is 0.676. The van der Waals surface area contributed by atoms with Crippen LogP contribution in [0.3, 0.4) is 0 Å². The monoisotopic (exact) mass is 386 g/mol. The zero-order valence-electron chi connectivity index (χ0n) is 14.4. The lowest BCUT2D eigenvalue weighted by atomic mass is 10.2. The summed E-state index contributed by atoms with van der Waals surface area (Å²) in [4.78, 5) is 24.4. The number of nitrogens with one attached hydrogen (secondary N) is 2. The molecule has 0 bridgehead atoms. The van der Waals surface area contributed by atoms with Gasteiger partial charge >= 0.3 is 0 Å². The van der Waals surface area contributed by atoms with Crippen molar-refractivity contribution in [1.82, 2.24) is 20.6 Å². The predicted molar refractivity (Wildman–Crippen MR) is 98.9 cm³/mol. The van der Waals surface area contributed by atoms with Crippen LogP contribution in [0.5, 0.6) is 0 Å². The molecular formula is C19H16ClFN4O2. The third-order valence-corrected chi connectivity index (χ3v) is 4.25. The predicted octanol–water partition coefficient (Wildman–Crippen LogP) is 3.11. The van der Waals surface area contributed by atoms with E-state index in [-0.39, 0.29) is 23.1 Å². The van der Waals surface area contributed by atoms with Gasteiger partial charge in [-0.1, -0.05) is 41.9 Å². The molecule has 0 radical (unpaired) electrons. The van der Waals surface area contributed by atoms with E-state index < -0.39 is 11.8 Å². The second kappa shape index (κ2) is 8.01. The number of aromatic nitrogens is 2. The summed E-state index contributed by atoms with van der Waals surface area (Å²) >= 11 is 6.29. The highest BCUT2D eigenvalue weighted by atomic mass is 35.5. The molecule has 0 saturated carbocycles. The Balaban J connectivity index is 1.70. The van der Waals surface area contributed by atoms with Gasteiger partial charge in [0.05, 0.1) is 12.2 Å². The first kappa shape index (κ1) is 18.6. The van der Waals surface area contributed by atoms with E-state index in [0.717, 1.165) is 5.56 Å². The van der Waals surface area contributed by atoms with Gasteiger partial charge in [0.2, 0.25) is 0 Å². The zero-order valence-corrected chi connectivity index (χ0v) is 15.1. The highest BCUT2D eigenvalue weighted by molar-refractivity contribution is 6.33. The van der Waals surface area contributed by atoms with Crippen molar-refractivity contribution in [3.8, 4) is 0 Å². The van der Waals surface area contributed by atoms with E-state index in [0.29, 0.717) is 11.3 Å². The van der Waals surface area contributed by atoms with Crippen LogP contribution in [0.4, 0.5) is 4.39 Å². The number of halogens is 2. The Morgan fingerprint density at radius 2 is 1.67 bits per heavy atom. The second-order valence-electron chi connectivity index (χ2n) is 5.81. The number of carbonyl (C=O) groups excluding carboxylic acids is 2. The molecule has 0 unspecified atom stereocenters. The van der Waals surface area contributed by atoms with Crippen molar-refractivity contribution in [2.24, 2.45) is 0 Å². The number of amides is 2. The van der Waals surface area contributed by atoms with Crippen LogP contribution in [0, 0.1) is 12.7 Å². The molecule has 8 heteroatoms. The van der Waals surface area contributed by atoms with Gasteiger partial charge < -0.3 is 0 Å². The standard InChI is InChI=1S/C19H16ClFN4O2/c1-12-16(19(27)23-22-18(26)14-5-3-2-4-6-14)17(20)25(24-12)11-13-7-9-15(21)10-8-13/h2-10H,11H2,1H3,(H,22,26)(H,23,27). The Labute approximate surface area is 159 Å². The molecular weight excluding hydrogens is 371 g/mol. The zero-order chi connectivity index (χ0) is 19.4. The molecule has 1 aromatic heterocycles. The van der Waals surface area contributed by atoms with Crippen molar-refractivity contribution >= 4 is 23.4 Å². The fourth-order valence-corrected chi connectivity index (χ4v) is 2.84. The fourth-order valence-electron chi connectivity index (χ4n) is 2.52. The molecule has 2 N–H and O–H groups in total. The van der Waals surface area contributed by atoms with Crippen LogP contribution in [-0.4, -0.2) is 21.6 Å². The number of benzene rings is 2. The van der Waals surface area contributed by atoms with Gasteiger partial charge in [0.25, 0.3) is 11.8 Å². The summed E-state index contributed by atoms with van der Waals surface area (Å²) in [6, 6.07) is 14.4. The lowest BCUT2D eigenvalue weighted by Crippen LogP contribution is -2.41. The fraction of sp³-hybridized carbons (Fsp3) is 0.105. The topological polar surface area (TPSA) is 76.0 Å². The normalized spacial score (nSPS) is 10.5. The Hall–Kier alpha value is -3.19. The van der Waals surface area contributed by atoms with Crippen LogP contribution in [0.15, 0.2) is 54.6 Å². The Morgan fingerprint density at radius 3 is 2.33 bits per heavy atom. The molecule has 138 valence electrons. The molecule has 27 heavy (non-hydrogen) atoms. The molecule has 0 aliphatic heterocycles. The first-order valence-electron chi connectivity index (χ1n) is 8.09. The molecule has 2 aromatic carbocycles. The van der Waals surface area contributed by atoms with E-state index in [1.54, 1.807) is 49.4 Å². The molecule has 0 saturated heterocycles. The molecule has 2 amide bonds. The molecule has 0 aliphatic rings. The Bertz CT molecular complexity index is 971. The third-order valence-electron chi connectivity index (χ3n) is 3.86. The number of hydrazine groups is 1. The molecule has 3 aromatic rings. The van der Waals surface area contributed by atoms with Crippen molar-refractivity contribution in [3.63, 3.8) is 0 Å². The van der Waals surface area contributed by atoms with E-state index in [1.807, 2.05) is 0 Å². The average Bonchev–Trinajstić information content (AvgIpc) is 2.95. The summed E-state index contributed by atoms with van der Waals surface area (Å²) in [7, 11) is 0. The van der Waals surface area contributed by atoms with Crippen LogP contribution in [0.2, 0.25) is 5.15 Å². The van der Waals surface area contributed by atoms with E-state index in [4.69, 9.17) is 11.6 Å². The molecule has 6 nitrogen and oxygen atoms in total. The summed E-state index contributed by atoms with van der Waals surface area (Å²) in [5.74, 6) is -1.36. The van der Waals surface area contributed by atoms with Gasteiger partial charge in [-0.15, -0.1) is 0 Å². The summed E-state index contributed by atoms with van der Waals surface area (Å²) in [5, 5.41) is 4.38. The average molecular weight is 387 g/mol. The van der Waals surface area contributed by atoms with Crippen LogP contribution in [0.1, 0.15) is 32.0 Å². The first-order chi connectivity index (χ1) is 13.0. The van der Waals surface area contributed by atoms with Crippen molar-refractivity contribution in [3.05, 3.63) is 88.0 Å². The van der Waals surface area contributed by atoms with Gasteiger partial charge in [-0.3, -0.25) is 20.4 Å². The molecule has 0 fully saturated rings. The smallest absolute Gasteiger partial charge is 0.267 e. The van der Waals surface area contributed by atoms with Crippen molar-refractivity contribution in [1.29, 1.82) is 0 Å². The van der Waals surface area contributed by atoms with Crippen LogP contribution < -0.4 is 10.9 Å². The molecule has 1 heterocycles. The lowest BCUT2D eigenvalue weighted by Gasteiger charge is -2.07. The highest BCUT2D eigenvalue weighted by Gasteiger charge is 2.21. The SMILES string of the molecule is Cc1nn(Cc2ccc(F)cc2)c(Cl)c1C(=O)NNC(=O)c1ccccc1. The molecule has 0 spiro atoms. The lowest BCUT2D eigenvalue weighted by molar-refractivity contribution is 0.0846.